The molecular formula is C17H29NO3. The first kappa shape index (κ1) is 15.3. The van der Waals surface area contributed by atoms with Crippen LogP contribution in [0.3, 0.4) is 0 Å². The minimum Gasteiger partial charge on any atom is -0.350 e. The Labute approximate surface area is 128 Å². The van der Waals surface area contributed by atoms with Crippen LogP contribution in [-0.4, -0.2) is 43.4 Å². The molecule has 0 radical (unpaired) electrons. The van der Waals surface area contributed by atoms with Crippen LogP contribution in [0.2, 0.25) is 0 Å². The number of carbonyl (C=O) groups is 1. The SMILES string of the molecule is O=C(CCCC1CCCC1)N1CCCC(C2OCCO2)C1. The van der Waals surface area contributed by atoms with Crippen LogP contribution in [0, 0.1) is 11.8 Å². The summed E-state index contributed by atoms with van der Waals surface area (Å²) >= 11 is 0. The van der Waals surface area contributed by atoms with Crippen LogP contribution in [-0.2, 0) is 14.3 Å². The largest absolute Gasteiger partial charge is 0.350 e. The van der Waals surface area contributed by atoms with Crippen LogP contribution in [0.1, 0.15) is 57.8 Å². The van der Waals surface area contributed by atoms with Gasteiger partial charge in [-0.15, -0.1) is 0 Å². The molecule has 1 amide bonds. The van der Waals surface area contributed by atoms with Crippen molar-refractivity contribution in [1.29, 1.82) is 0 Å². The summed E-state index contributed by atoms with van der Waals surface area (Å²) in [5.74, 6) is 1.61. The number of rotatable bonds is 5. The molecule has 0 aromatic rings. The second-order valence-corrected chi connectivity index (χ2v) is 6.89. The Kier molecular flexibility index (Phi) is 5.53. The van der Waals surface area contributed by atoms with Crippen LogP contribution in [0.15, 0.2) is 0 Å². The number of hydrogen-bond donors (Lipinski definition) is 0. The fourth-order valence-electron chi connectivity index (χ4n) is 4.11. The highest BCUT2D eigenvalue weighted by molar-refractivity contribution is 5.76. The zero-order valence-electron chi connectivity index (χ0n) is 13.1. The van der Waals surface area contributed by atoms with E-state index >= 15 is 0 Å². The van der Waals surface area contributed by atoms with Crippen molar-refractivity contribution in [2.24, 2.45) is 11.8 Å². The molecular weight excluding hydrogens is 266 g/mol. The quantitative estimate of drug-likeness (QED) is 0.783. The topological polar surface area (TPSA) is 38.8 Å². The van der Waals surface area contributed by atoms with E-state index in [1.165, 1.54) is 32.1 Å². The van der Waals surface area contributed by atoms with E-state index in [-0.39, 0.29) is 6.29 Å². The summed E-state index contributed by atoms with van der Waals surface area (Å²) in [5.41, 5.74) is 0. The van der Waals surface area contributed by atoms with Crippen molar-refractivity contribution in [2.75, 3.05) is 26.3 Å². The monoisotopic (exact) mass is 295 g/mol. The average molecular weight is 295 g/mol. The Morgan fingerprint density at radius 3 is 2.57 bits per heavy atom. The molecule has 1 saturated carbocycles. The van der Waals surface area contributed by atoms with Gasteiger partial charge in [0.2, 0.25) is 5.91 Å². The number of piperidine rings is 1. The van der Waals surface area contributed by atoms with Crippen molar-refractivity contribution in [1.82, 2.24) is 4.90 Å². The van der Waals surface area contributed by atoms with Gasteiger partial charge in [-0.3, -0.25) is 4.79 Å². The second-order valence-electron chi connectivity index (χ2n) is 6.89. The lowest BCUT2D eigenvalue weighted by Gasteiger charge is -2.34. The summed E-state index contributed by atoms with van der Waals surface area (Å²) in [5, 5.41) is 0. The maximum Gasteiger partial charge on any atom is 0.222 e. The van der Waals surface area contributed by atoms with E-state index in [9.17, 15) is 4.79 Å². The third-order valence-corrected chi connectivity index (χ3v) is 5.32. The number of ether oxygens (including phenoxy) is 2. The first-order valence-corrected chi connectivity index (χ1v) is 8.84. The highest BCUT2D eigenvalue weighted by atomic mass is 16.7. The van der Waals surface area contributed by atoms with Gasteiger partial charge in [0.1, 0.15) is 0 Å². The van der Waals surface area contributed by atoms with Crippen LogP contribution >= 0.6 is 0 Å². The molecule has 0 N–H and O–H groups in total. The van der Waals surface area contributed by atoms with E-state index in [2.05, 4.69) is 0 Å². The number of hydrogen-bond acceptors (Lipinski definition) is 3. The Bertz CT molecular complexity index is 335. The van der Waals surface area contributed by atoms with Crippen LogP contribution in [0.4, 0.5) is 0 Å². The van der Waals surface area contributed by atoms with Crippen molar-refractivity contribution in [3.63, 3.8) is 0 Å². The van der Waals surface area contributed by atoms with E-state index in [4.69, 9.17) is 9.47 Å². The summed E-state index contributed by atoms with van der Waals surface area (Å²) in [7, 11) is 0. The Morgan fingerprint density at radius 1 is 1.05 bits per heavy atom. The molecule has 2 heterocycles. The third kappa shape index (κ3) is 4.19. The summed E-state index contributed by atoms with van der Waals surface area (Å²) in [4.78, 5) is 14.4. The molecule has 0 aromatic heterocycles. The average Bonchev–Trinajstić information content (AvgIpc) is 3.21. The van der Waals surface area contributed by atoms with Gasteiger partial charge in [0.05, 0.1) is 13.2 Å². The van der Waals surface area contributed by atoms with Gasteiger partial charge in [0, 0.05) is 25.4 Å². The lowest BCUT2D eigenvalue weighted by atomic mass is 9.96. The van der Waals surface area contributed by atoms with Crippen LogP contribution in [0.5, 0.6) is 0 Å². The predicted molar refractivity (Wildman–Crippen MR) is 80.8 cm³/mol. The molecule has 2 saturated heterocycles. The summed E-state index contributed by atoms with van der Waals surface area (Å²) < 4.78 is 11.2. The summed E-state index contributed by atoms with van der Waals surface area (Å²) in [6, 6.07) is 0. The van der Waals surface area contributed by atoms with Crippen LogP contribution < -0.4 is 0 Å². The third-order valence-electron chi connectivity index (χ3n) is 5.32. The van der Waals surface area contributed by atoms with E-state index < -0.39 is 0 Å². The number of likely N-dealkylation sites (tertiary alicyclic amines) is 1. The van der Waals surface area contributed by atoms with E-state index in [0.717, 1.165) is 44.7 Å². The maximum atomic E-state index is 12.4. The van der Waals surface area contributed by atoms with E-state index in [1.54, 1.807) is 0 Å². The fraction of sp³-hybridized carbons (Fsp3) is 0.941. The molecule has 3 rings (SSSR count). The minimum absolute atomic E-state index is 0.0703. The molecule has 0 bridgehead atoms. The lowest BCUT2D eigenvalue weighted by molar-refractivity contribution is -0.139. The van der Waals surface area contributed by atoms with Gasteiger partial charge in [-0.1, -0.05) is 25.7 Å². The standard InChI is InChI=1S/C17H29NO3/c19-16(9-3-7-14-5-1-2-6-14)18-10-4-8-15(13-18)17-20-11-12-21-17/h14-15,17H,1-13H2. The molecule has 4 nitrogen and oxygen atoms in total. The highest BCUT2D eigenvalue weighted by Crippen LogP contribution is 2.29. The molecule has 0 aromatic carbocycles. The second kappa shape index (κ2) is 7.59. The lowest BCUT2D eigenvalue weighted by Crippen LogP contribution is -2.43. The van der Waals surface area contributed by atoms with E-state index in [1.807, 2.05) is 4.90 Å². The molecule has 21 heavy (non-hydrogen) atoms. The van der Waals surface area contributed by atoms with Crippen molar-refractivity contribution in [2.45, 2.75) is 64.1 Å². The molecule has 3 aliphatic rings. The van der Waals surface area contributed by atoms with E-state index in [0.29, 0.717) is 25.0 Å². The minimum atomic E-state index is -0.0703. The molecule has 4 heteroatoms. The van der Waals surface area contributed by atoms with Gasteiger partial charge < -0.3 is 14.4 Å². The highest BCUT2D eigenvalue weighted by Gasteiger charge is 2.32. The fourth-order valence-corrected chi connectivity index (χ4v) is 4.11. The maximum absolute atomic E-state index is 12.4. The summed E-state index contributed by atoms with van der Waals surface area (Å²) in [6.45, 7) is 3.16. The van der Waals surface area contributed by atoms with Gasteiger partial charge in [0.15, 0.2) is 6.29 Å². The normalized spacial score (nSPS) is 28.4. The molecule has 0 spiro atoms. The molecule has 1 unspecified atom stereocenters. The van der Waals surface area contributed by atoms with Crippen molar-refractivity contribution in [3.05, 3.63) is 0 Å². The molecule has 2 aliphatic heterocycles. The zero-order valence-corrected chi connectivity index (χ0v) is 13.1. The van der Waals surface area contributed by atoms with Crippen molar-refractivity contribution in [3.8, 4) is 0 Å². The smallest absolute Gasteiger partial charge is 0.222 e. The molecule has 3 fully saturated rings. The number of nitrogens with zero attached hydrogens (tertiary/aromatic N) is 1. The number of carbonyl (C=O) groups excluding carboxylic acids is 1. The van der Waals surface area contributed by atoms with Gasteiger partial charge in [-0.25, -0.2) is 0 Å². The van der Waals surface area contributed by atoms with Crippen molar-refractivity contribution < 1.29 is 14.3 Å². The first-order chi connectivity index (χ1) is 10.3. The van der Waals surface area contributed by atoms with Gasteiger partial charge in [-0.2, -0.15) is 0 Å². The first-order valence-electron chi connectivity index (χ1n) is 8.84. The Morgan fingerprint density at radius 2 is 1.81 bits per heavy atom. The molecule has 120 valence electrons. The van der Waals surface area contributed by atoms with Crippen LogP contribution in [0.25, 0.3) is 0 Å². The van der Waals surface area contributed by atoms with Crippen molar-refractivity contribution >= 4 is 5.91 Å². The molecule has 1 atom stereocenters. The van der Waals surface area contributed by atoms with Gasteiger partial charge >= 0.3 is 0 Å². The van der Waals surface area contributed by atoms with Gasteiger partial charge in [0.25, 0.3) is 0 Å². The Hall–Kier alpha value is -0.610. The summed E-state index contributed by atoms with van der Waals surface area (Å²) in [6.07, 6.45) is 10.8. The van der Waals surface area contributed by atoms with Gasteiger partial charge in [-0.05, 0) is 31.6 Å². The zero-order chi connectivity index (χ0) is 14.5. The predicted octanol–water partition coefficient (Wildman–Crippen LogP) is 2.96. The molecule has 1 aliphatic carbocycles. The number of amides is 1. The Balaban J connectivity index is 1.38.